The maximum absolute atomic E-state index is 13.1. The highest BCUT2D eigenvalue weighted by molar-refractivity contribution is 5.97. The summed E-state index contributed by atoms with van der Waals surface area (Å²) < 4.78 is 8.46. The molecule has 5 heteroatoms. The van der Waals surface area contributed by atoms with Gasteiger partial charge in [0.2, 0.25) is 5.91 Å². The fourth-order valence-electron chi connectivity index (χ4n) is 5.36. The Hall–Kier alpha value is -3.60. The van der Waals surface area contributed by atoms with Crippen LogP contribution in [0.15, 0.2) is 60.7 Å². The lowest BCUT2D eigenvalue weighted by molar-refractivity contribution is -0.117. The van der Waals surface area contributed by atoms with Crippen molar-refractivity contribution in [2.45, 2.75) is 59.4 Å². The van der Waals surface area contributed by atoms with Gasteiger partial charge in [-0.25, -0.2) is 4.98 Å². The highest BCUT2D eigenvalue weighted by Gasteiger charge is 2.35. The molecule has 3 aromatic carbocycles. The summed E-state index contributed by atoms with van der Waals surface area (Å²) in [6, 6.07) is 20.7. The summed E-state index contributed by atoms with van der Waals surface area (Å²) in [5.41, 5.74) is 7.89. The largest absolute Gasteiger partial charge is 0.493 e. The van der Waals surface area contributed by atoms with Gasteiger partial charge < -0.3 is 14.2 Å². The first-order chi connectivity index (χ1) is 17.4. The minimum absolute atomic E-state index is 0.0793. The second-order valence-electron chi connectivity index (χ2n) is 10.0. The number of imidazole rings is 1. The summed E-state index contributed by atoms with van der Waals surface area (Å²) in [5, 5.41) is 0. The van der Waals surface area contributed by atoms with Crippen LogP contribution in [0.1, 0.15) is 53.3 Å². The molecule has 1 amide bonds. The zero-order chi connectivity index (χ0) is 25.2. The van der Waals surface area contributed by atoms with E-state index in [2.05, 4.69) is 80.8 Å². The molecule has 2 heterocycles. The fourth-order valence-corrected chi connectivity index (χ4v) is 5.36. The van der Waals surface area contributed by atoms with Crippen molar-refractivity contribution in [2.24, 2.45) is 0 Å². The molecule has 0 aliphatic carbocycles. The van der Waals surface area contributed by atoms with E-state index in [1.54, 1.807) is 0 Å². The Balaban J connectivity index is 1.32. The van der Waals surface area contributed by atoms with Gasteiger partial charge >= 0.3 is 0 Å². The number of nitrogens with zero attached hydrogens (tertiary/aromatic N) is 3. The van der Waals surface area contributed by atoms with E-state index in [1.165, 1.54) is 22.3 Å². The molecular weight excluding hydrogens is 446 g/mol. The van der Waals surface area contributed by atoms with E-state index in [0.717, 1.165) is 47.7 Å². The summed E-state index contributed by atoms with van der Waals surface area (Å²) >= 11 is 0. The fraction of sp³-hybridized carbons (Fsp3) is 0.355. The minimum Gasteiger partial charge on any atom is -0.493 e. The molecule has 5 nitrogen and oxygen atoms in total. The van der Waals surface area contributed by atoms with Crippen molar-refractivity contribution in [3.8, 4) is 5.75 Å². The van der Waals surface area contributed by atoms with E-state index in [0.29, 0.717) is 19.6 Å². The third kappa shape index (κ3) is 4.62. The molecule has 4 aromatic rings. The second-order valence-corrected chi connectivity index (χ2v) is 10.0. The van der Waals surface area contributed by atoms with Crippen molar-refractivity contribution in [3.05, 3.63) is 88.7 Å². The van der Waals surface area contributed by atoms with Crippen LogP contribution >= 0.6 is 0 Å². The van der Waals surface area contributed by atoms with Gasteiger partial charge in [-0.3, -0.25) is 4.79 Å². The van der Waals surface area contributed by atoms with Gasteiger partial charge in [0.15, 0.2) is 0 Å². The number of fused-ring (bicyclic) bond motifs is 1. The van der Waals surface area contributed by atoms with Gasteiger partial charge in [0.25, 0.3) is 0 Å². The number of carbonyl (C=O) groups is 1. The molecule has 1 unspecified atom stereocenters. The van der Waals surface area contributed by atoms with Gasteiger partial charge in [-0.05, 0) is 81.0 Å². The quantitative estimate of drug-likeness (QED) is 0.265. The van der Waals surface area contributed by atoms with Crippen LogP contribution in [0.4, 0.5) is 5.69 Å². The third-order valence-electron chi connectivity index (χ3n) is 7.47. The SMILES string of the molecule is Cc1cccc(N2CC(c3nc4ccccc4n3CCCCOc3c(C)cccc3C)CC2=O)c1C. The van der Waals surface area contributed by atoms with Crippen LogP contribution in [-0.4, -0.2) is 28.6 Å². The van der Waals surface area contributed by atoms with Crippen molar-refractivity contribution in [2.75, 3.05) is 18.1 Å². The Labute approximate surface area is 213 Å². The lowest BCUT2D eigenvalue weighted by Crippen LogP contribution is -2.25. The first-order valence-corrected chi connectivity index (χ1v) is 12.9. The molecule has 0 spiro atoms. The monoisotopic (exact) mass is 481 g/mol. The summed E-state index contributed by atoms with van der Waals surface area (Å²) in [7, 11) is 0. The van der Waals surface area contributed by atoms with Crippen LogP contribution in [0.3, 0.4) is 0 Å². The number of hydrogen-bond donors (Lipinski definition) is 0. The number of anilines is 1. The number of para-hydroxylation sites is 3. The number of hydrogen-bond acceptors (Lipinski definition) is 3. The highest BCUT2D eigenvalue weighted by Crippen LogP contribution is 2.35. The van der Waals surface area contributed by atoms with Gasteiger partial charge in [-0.15, -0.1) is 0 Å². The molecule has 0 saturated carbocycles. The second kappa shape index (κ2) is 10.2. The minimum atomic E-state index is 0.0793. The van der Waals surface area contributed by atoms with Crippen LogP contribution in [-0.2, 0) is 11.3 Å². The molecule has 5 rings (SSSR count). The average Bonchev–Trinajstić information content (AvgIpc) is 3.42. The van der Waals surface area contributed by atoms with Crippen molar-refractivity contribution in [1.29, 1.82) is 0 Å². The van der Waals surface area contributed by atoms with Gasteiger partial charge in [-0.2, -0.15) is 0 Å². The Kier molecular flexibility index (Phi) is 6.82. The molecule has 1 fully saturated rings. The van der Waals surface area contributed by atoms with Crippen molar-refractivity contribution >= 4 is 22.6 Å². The van der Waals surface area contributed by atoms with Gasteiger partial charge in [0.05, 0.1) is 17.6 Å². The van der Waals surface area contributed by atoms with Crippen LogP contribution < -0.4 is 9.64 Å². The summed E-state index contributed by atoms with van der Waals surface area (Å²) in [5.74, 6) is 2.28. The number of aromatic nitrogens is 2. The maximum atomic E-state index is 13.1. The van der Waals surface area contributed by atoms with Crippen LogP contribution in [0.2, 0.25) is 0 Å². The van der Waals surface area contributed by atoms with Crippen molar-refractivity contribution in [1.82, 2.24) is 9.55 Å². The summed E-state index contributed by atoms with van der Waals surface area (Å²) in [6.45, 7) is 10.6. The third-order valence-corrected chi connectivity index (χ3v) is 7.47. The molecule has 1 saturated heterocycles. The van der Waals surface area contributed by atoms with Gasteiger partial charge in [0, 0.05) is 31.1 Å². The Morgan fingerprint density at radius 2 is 1.61 bits per heavy atom. The van der Waals surface area contributed by atoms with E-state index in [4.69, 9.17) is 9.72 Å². The van der Waals surface area contributed by atoms with E-state index in [1.807, 2.05) is 17.0 Å². The Morgan fingerprint density at radius 1 is 0.889 bits per heavy atom. The summed E-state index contributed by atoms with van der Waals surface area (Å²) in [4.78, 5) is 20.1. The number of unbranched alkanes of at least 4 members (excludes halogenated alkanes) is 1. The molecule has 1 aromatic heterocycles. The first-order valence-electron chi connectivity index (χ1n) is 12.9. The predicted molar refractivity (Wildman–Crippen MR) is 146 cm³/mol. The Morgan fingerprint density at radius 3 is 2.42 bits per heavy atom. The standard InChI is InChI=1S/C31H35N3O2/c1-21-11-10-16-27(24(21)4)34-20-25(19-29(34)35)31-32-26-14-5-6-15-28(26)33(31)17-7-8-18-36-30-22(2)12-9-13-23(30)3/h5-6,9-16,25H,7-8,17-20H2,1-4H3. The van der Waals surface area contributed by atoms with Crippen molar-refractivity contribution in [3.63, 3.8) is 0 Å². The zero-order valence-corrected chi connectivity index (χ0v) is 21.8. The number of aryl methyl sites for hydroxylation is 4. The topological polar surface area (TPSA) is 47.4 Å². The molecule has 186 valence electrons. The van der Waals surface area contributed by atoms with Crippen molar-refractivity contribution < 1.29 is 9.53 Å². The number of benzene rings is 3. The van der Waals surface area contributed by atoms with Crippen LogP contribution in [0.25, 0.3) is 11.0 Å². The number of ether oxygens (including phenoxy) is 1. The number of rotatable bonds is 8. The summed E-state index contributed by atoms with van der Waals surface area (Å²) in [6.07, 6.45) is 2.43. The molecule has 36 heavy (non-hydrogen) atoms. The van der Waals surface area contributed by atoms with E-state index < -0.39 is 0 Å². The molecule has 1 aliphatic rings. The van der Waals surface area contributed by atoms with E-state index in [-0.39, 0.29) is 11.8 Å². The Bertz CT molecular complexity index is 1380. The number of carbonyl (C=O) groups excluding carboxylic acids is 1. The lowest BCUT2D eigenvalue weighted by atomic mass is 10.1. The molecule has 0 N–H and O–H groups in total. The predicted octanol–water partition coefficient (Wildman–Crippen LogP) is 6.65. The average molecular weight is 482 g/mol. The molecule has 0 bridgehead atoms. The van der Waals surface area contributed by atoms with E-state index >= 15 is 0 Å². The number of amides is 1. The van der Waals surface area contributed by atoms with E-state index in [9.17, 15) is 4.79 Å². The maximum Gasteiger partial charge on any atom is 0.227 e. The van der Waals surface area contributed by atoms with Gasteiger partial charge in [-0.1, -0.05) is 42.5 Å². The van der Waals surface area contributed by atoms with Gasteiger partial charge in [0.1, 0.15) is 11.6 Å². The zero-order valence-electron chi connectivity index (χ0n) is 21.8. The molecule has 1 atom stereocenters. The smallest absolute Gasteiger partial charge is 0.227 e. The highest BCUT2D eigenvalue weighted by atomic mass is 16.5. The lowest BCUT2D eigenvalue weighted by Gasteiger charge is -2.20. The first kappa shape index (κ1) is 24.1. The molecule has 1 aliphatic heterocycles. The normalized spacial score (nSPS) is 15.7. The van der Waals surface area contributed by atoms with Crippen LogP contribution in [0.5, 0.6) is 5.75 Å². The van der Waals surface area contributed by atoms with Crippen LogP contribution in [0, 0.1) is 27.7 Å². The molecular formula is C31H35N3O2. The molecule has 0 radical (unpaired) electrons.